The summed E-state index contributed by atoms with van der Waals surface area (Å²) in [4.78, 5) is 12.0. The van der Waals surface area contributed by atoms with Gasteiger partial charge < -0.3 is 14.2 Å². The Morgan fingerprint density at radius 3 is 2.87 bits per heavy atom. The molecule has 6 heteroatoms. The number of aryl methyl sites for hydroxylation is 2. The standard InChI is InChI=1S/C17H24N2O4/c1-4-21-15(20)16(2,3)7-8-19-12-13-11-17(22-9-10-23-17)6-5-14(13)18-19/h9-10,12H,4-8,11H2,1-3H3. The minimum Gasteiger partial charge on any atom is -0.466 e. The number of ether oxygens (including phenoxy) is 3. The van der Waals surface area contributed by atoms with Crippen LogP contribution in [-0.4, -0.2) is 28.1 Å². The summed E-state index contributed by atoms with van der Waals surface area (Å²) in [5.41, 5.74) is 1.75. The number of nitrogens with zero attached hydrogens (tertiary/aromatic N) is 2. The average Bonchev–Trinajstić information content (AvgIpc) is 3.12. The Kier molecular flexibility index (Phi) is 4.08. The van der Waals surface area contributed by atoms with Gasteiger partial charge in [-0.05, 0) is 33.6 Å². The molecule has 126 valence electrons. The van der Waals surface area contributed by atoms with Crippen LogP contribution < -0.4 is 0 Å². The minimum absolute atomic E-state index is 0.158. The van der Waals surface area contributed by atoms with Crippen LogP contribution in [0.3, 0.4) is 0 Å². The van der Waals surface area contributed by atoms with Gasteiger partial charge in [-0.2, -0.15) is 5.10 Å². The van der Waals surface area contributed by atoms with E-state index >= 15 is 0 Å². The number of carbonyl (C=O) groups is 1. The largest absolute Gasteiger partial charge is 0.466 e. The summed E-state index contributed by atoms with van der Waals surface area (Å²) in [6.07, 6.45) is 8.30. The van der Waals surface area contributed by atoms with Crippen LogP contribution in [0.5, 0.6) is 0 Å². The maximum Gasteiger partial charge on any atom is 0.311 e. The number of hydrogen-bond donors (Lipinski definition) is 0. The smallest absolute Gasteiger partial charge is 0.311 e. The third-order valence-electron chi connectivity index (χ3n) is 4.54. The van der Waals surface area contributed by atoms with Gasteiger partial charge in [0.2, 0.25) is 0 Å². The van der Waals surface area contributed by atoms with E-state index in [1.807, 2.05) is 31.6 Å². The third kappa shape index (κ3) is 3.21. The van der Waals surface area contributed by atoms with Crippen LogP contribution in [-0.2, 0) is 38.4 Å². The molecule has 0 radical (unpaired) electrons. The molecule has 23 heavy (non-hydrogen) atoms. The van der Waals surface area contributed by atoms with Crippen LogP contribution in [0, 0.1) is 5.41 Å². The van der Waals surface area contributed by atoms with Crippen LogP contribution in [0.15, 0.2) is 18.7 Å². The number of hydrogen-bond acceptors (Lipinski definition) is 5. The van der Waals surface area contributed by atoms with Crippen molar-refractivity contribution in [1.29, 1.82) is 0 Å². The summed E-state index contributed by atoms with van der Waals surface area (Å²) in [5.74, 6) is -0.694. The maximum atomic E-state index is 12.0. The van der Waals surface area contributed by atoms with Crippen molar-refractivity contribution in [3.05, 3.63) is 30.0 Å². The van der Waals surface area contributed by atoms with Gasteiger partial charge in [0, 0.05) is 24.7 Å². The molecule has 0 N–H and O–H groups in total. The van der Waals surface area contributed by atoms with Crippen LogP contribution in [0.1, 0.15) is 44.9 Å². The van der Waals surface area contributed by atoms with Crippen molar-refractivity contribution in [2.45, 2.75) is 58.8 Å². The van der Waals surface area contributed by atoms with Gasteiger partial charge in [-0.3, -0.25) is 9.48 Å². The average molecular weight is 320 g/mol. The first-order valence-electron chi connectivity index (χ1n) is 8.17. The lowest BCUT2D eigenvalue weighted by Gasteiger charge is -2.30. The number of fused-ring (bicyclic) bond motifs is 1. The van der Waals surface area contributed by atoms with E-state index in [0.29, 0.717) is 26.0 Å². The Hall–Kier alpha value is -1.98. The van der Waals surface area contributed by atoms with E-state index in [9.17, 15) is 4.79 Å². The third-order valence-corrected chi connectivity index (χ3v) is 4.54. The van der Waals surface area contributed by atoms with Gasteiger partial charge in [0.1, 0.15) is 12.5 Å². The summed E-state index contributed by atoms with van der Waals surface area (Å²) in [7, 11) is 0. The molecule has 1 spiro atoms. The Balaban J connectivity index is 1.63. The van der Waals surface area contributed by atoms with E-state index in [2.05, 4.69) is 5.10 Å². The molecule has 0 saturated carbocycles. The Morgan fingerprint density at radius 1 is 1.43 bits per heavy atom. The predicted molar refractivity (Wildman–Crippen MR) is 83.3 cm³/mol. The highest BCUT2D eigenvalue weighted by Gasteiger charge is 2.40. The van der Waals surface area contributed by atoms with Crippen molar-refractivity contribution < 1.29 is 19.0 Å². The number of carbonyl (C=O) groups excluding carboxylic acids is 1. The minimum atomic E-state index is -0.537. The van der Waals surface area contributed by atoms with E-state index in [-0.39, 0.29) is 5.97 Å². The van der Waals surface area contributed by atoms with Crippen LogP contribution >= 0.6 is 0 Å². The van der Waals surface area contributed by atoms with Crippen molar-refractivity contribution >= 4 is 5.97 Å². The zero-order valence-corrected chi connectivity index (χ0v) is 14.0. The number of rotatable bonds is 5. The van der Waals surface area contributed by atoms with Crippen molar-refractivity contribution in [2.75, 3.05) is 6.61 Å². The van der Waals surface area contributed by atoms with E-state index < -0.39 is 11.2 Å². The zero-order chi connectivity index (χ0) is 16.5. The van der Waals surface area contributed by atoms with Gasteiger partial charge in [-0.25, -0.2) is 0 Å². The zero-order valence-electron chi connectivity index (χ0n) is 14.0. The first kappa shape index (κ1) is 15.9. The molecule has 1 aliphatic carbocycles. The summed E-state index contributed by atoms with van der Waals surface area (Å²) >= 11 is 0. The molecule has 3 rings (SSSR count). The second-order valence-electron chi connectivity index (χ2n) is 6.81. The molecule has 0 bridgehead atoms. The SMILES string of the molecule is CCOC(=O)C(C)(C)CCn1cc2c(n1)CCC1(C2)OC=CO1. The first-order valence-corrected chi connectivity index (χ1v) is 8.17. The molecule has 1 aromatic rings. The highest BCUT2D eigenvalue weighted by molar-refractivity contribution is 5.75. The predicted octanol–water partition coefficient (Wildman–Crippen LogP) is 2.57. The van der Waals surface area contributed by atoms with Gasteiger partial charge >= 0.3 is 5.97 Å². The highest BCUT2D eigenvalue weighted by atomic mass is 16.7. The fraction of sp³-hybridized carbons (Fsp3) is 0.647. The van der Waals surface area contributed by atoms with Gasteiger partial charge in [0.15, 0.2) is 0 Å². The fourth-order valence-corrected chi connectivity index (χ4v) is 3.02. The molecule has 0 saturated heterocycles. The normalized spacial score (nSPS) is 18.4. The Labute approximate surface area is 136 Å². The van der Waals surface area contributed by atoms with Crippen LogP contribution in [0.4, 0.5) is 0 Å². The molecule has 2 aliphatic rings. The van der Waals surface area contributed by atoms with Crippen molar-refractivity contribution in [2.24, 2.45) is 5.41 Å². The molecule has 1 aliphatic heterocycles. The molecule has 0 fully saturated rings. The number of aromatic nitrogens is 2. The molecule has 2 heterocycles. The van der Waals surface area contributed by atoms with Gasteiger partial charge in [-0.15, -0.1) is 0 Å². The molecule has 6 nitrogen and oxygen atoms in total. The lowest BCUT2D eigenvalue weighted by molar-refractivity contribution is -0.154. The Morgan fingerprint density at radius 2 is 2.17 bits per heavy atom. The Bertz CT molecular complexity index is 610. The fourth-order valence-electron chi connectivity index (χ4n) is 3.02. The second-order valence-corrected chi connectivity index (χ2v) is 6.81. The van der Waals surface area contributed by atoms with Gasteiger partial charge in [0.05, 0.1) is 24.1 Å². The van der Waals surface area contributed by atoms with Gasteiger partial charge in [0.25, 0.3) is 5.79 Å². The second kappa shape index (κ2) is 5.91. The van der Waals surface area contributed by atoms with E-state index in [4.69, 9.17) is 14.2 Å². The molecular weight excluding hydrogens is 296 g/mol. The van der Waals surface area contributed by atoms with Crippen molar-refractivity contribution in [3.8, 4) is 0 Å². The topological polar surface area (TPSA) is 62.6 Å². The number of esters is 1. The highest BCUT2D eigenvalue weighted by Crippen LogP contribution is 2.35. The quantitative estimate of drug-likeness (QED) is 0.780. The molecule has 0 aromatic carbocycles. The molecule has 0 unspecified atom stereocenters. The summed E-state index contributed by atoms with van der Waals surface area (Å²) in [5, 5.41) is 4.65. The maximum absolute atomic E-state index is 12.0. The first-order chi connectivity index (χ1) is 10.9. The molecule has 0 atom stereocenters. The molecule has 0 amide bonds. The molecular formula is C17H24N2O4. The van der Waals surface area contributed by atoms with E-state index in [1.165, 1.54) is 0 Å². The van der Waals surface area contributed by atoms with Crippen molar-refractivity contribution in [1.82, 2.24) is 9.78 Å². The lowest BCUT2D eigenvalue weighted by atomic mass is 9.89. The monoisotopic (exact) mass is 320 g/mol. The van der Waals surface area contributed by atoms with Gasteiger partial charge in [-0.1, -0.05) is 0 Å². The summed E-state index contributed by atoms with van der Waals surface area (Å²) in [6.45, 7) is 6.75. The van der Waals surface area contributed by atoms with Crippen molar-refractivity contribution in [3.63, 3.8) is 0 Å². The van der Waals surface area contributed by atoms with E-state index in [0.717, 1.165) is 24.1 Å². The summed E-state index contributed by atoms with van der Waals surface area (Å²) < 4.78 is 18.3. The molecule has 1 aromatic heterocycles. The van der Waals surface area contributed by atoms with Crippen LogP contribution in [0.2, 0.25) is 0 Å². The lowest BCUT2D eigenvalue weighted by Crippen LogP contribution is -2.36. The van der Waals surface area contributed by atoms with Crippen LogP contribution in [0.25, 0.3) is 0 Å². The van der Waals surface area contributed by atoms with E-state index in [1.54, 1.807) is 12.5 Å². The summed E-state index contributed by atoms with van der Waals surface area (Å²) in [6, 6.07) is 0.